The topological polar surface area (TPSA) is 46.2 Å². The zero-order valence-electron chi connectivity index (χ0n) is 11.3. The van der Waals surface area contributed by atoms with E-state index >= 15 is 0 Å². The Bertz CT molecular complexity index is 503. The molecule has 2 aromatic rings. The standard InChI is InChI=1S/C17H21NO/c1-17(19,12-5-13-18)16-10-8-15(9-11-16)14-6-3-2-4-7-14/h2-4,6-11,19H,5,12-13,18H2,1H3. The molecule has 0 aromatic heterocycles. The van der Waals surface area contributed by atoms with Crippen molar-refractivity contribution in [3.8, 4) is 11.1 Å². The highest BCUT2D eigenvalue weighted by Crippen LogP contribution is 2.28. The lowest BCUT2D eigenvalue weighted by Crippen LogP contribution is -2.22. The van der Waals surface area contributed by atoms with Crippen LogP contribution in [0.1, 0.15) is 25.3 Å². The van der Waals surface area contributed by atoms with E-state index in [1.54, 1.807) is 0 Å². The van der Waals surface area contributed by atoms with Gasteiger partial charge >= 0.3 is 0 Å². The van der Waals surface area contributed by atoms with Crippen LogP contribution in [0.25, 0.3) is 11.1 Å². The number of benzene rings is 2. The molecule has 19 heavy (non-hydrogen) atoms. The van der Waals surface area contributed by atoms with Crippen LogP contribution in [0.5, 0.6) is 0 Å². The van der Waals surface area contributed by atoms with Crippen molar-refractivity contribution >= 4 is 0 Å². The first-order chi connectivity index (χ1) is 9.13. The quantitative estimate of drug-likeness (QED) is 0.861. The Hall–Kier alpha value is -1.64. The summed E-state index contributed by atoms with van der Waals surface area (Å²) >= 11 is 0. The second-order valence-electron chi connectivity index (χ2n) is 5.11. The average molecular weight is 255 g/mol. The monoisotopic (exact) mass is 255 g/mol. The van der Waals surface area contributed by atoms with Gasteiger partial charge in [0.05, 0.1) is 5.60 Å². The Morgan fingerprint density at radius 2 is 1.53 bits per heavy atom. The summed E-state index contributed by atoms with van der Waals surface area (Å²) in [7, 11) is 0. The molecule has 0 heterocycles. The molecule has 0 saturated carbocycles. The van der Waals surface area contributed by atoms with E-state index in [0.29, 0.717) is 13.0 Å². The molecule has 1 atom stereocenters. The third kappa shape index (κ3) is 3.43. The van der Waals surface area contributed by atoms with Gasteiger partial charge in [0.15, 0.2) is 0 Å². The zero-order chi connectivity index (χ0) is 13.7. The first kappa shape index (κ1) is 13.8. The molecule has 0 amide bonds. The SMILES string of the molecule is CC(O)(CCCN)c1ccc(-c2ccccc2)cc1. The maximum absolute atomic E-state index is 10.4. The highest BCUT2D eigenvalue weighted by Gasteiger charge is 2.21. The molecule has 0 aliphatic rings. The summed E-state index contributed by atoms with van der Waals surface area (Å²) in [6.45, 7) is 2.46. The summed E-state index contributed by atoms with van der Waals surface area (Å²) in [5, 5.41) is 10.4. The molecule has 0 spiro atoms. The van der Waals surface area contributed by atoms with Crippen molar-refractivity contribution in [1.29, 1.82) is 0 Å². The minimum atomic E-state index is -0.797. The van der Waals surface area contributed by atoms with Gasteiger partial charge in [0.1, 0.15) is 0 Å². The fraction of sp³-hybridized carbons (Fsp3) is 0.294. The van der Waals surface area contributed by atoms with Gasteiger partial charge in [-0.05, 0) is 43.0 Å². The van der Waals surface area contributed by atoms with Gasteiger partial charge in [-0.1, -0.05) is 54.6 Å². The van der Waals surface area contributed by atoms with E-state index in [1.165, 1.54) is 11.1 Å². The van der Waals surface area contributed by atoms with Crippen LogP contribution in [0.2, 0.25) is 0 Å². The van der Waals surface area contributed by atoms with Gasteiger partial charge in [-0.25, -0.2) is 0 Å². The van der Waals surface area contributed by atoms with Gasteiger partial charge in [0, 0.05) is 0 Å². The summed E-state index contributed by atoms with van der Waals surface area (Å²) in [6.07, 6.45) is 1.52. The molecule has 0 saturated heterocycles. The summed E-state index contributed by atoms with van der Waals surface area (Å²) in [5.41, 5.74) is 8.01. The number of nitrogens with two attached hydrogens (primary N) is 1. The lowest BCUT2D eigenvalue weighted by molar-refractivity contribution is 0.0463. The third-order valence-electron chi connectivity index (χ3n) is 3.48. The fourth-order valence-corrected chi connectivity index (χ4v) is 2.24. The minimum absolute atomic E-state index is 0.609. The van der Waals surface area contributed by atoms with Crippen molar-refractivity contribution < 1.29 is 5.11 Å². The third-order valence-corrected chi connectivity index (χ3v) is 3.48. The molecule has 0 aliphatic heterocycles. The predicted molar refractivity (Wildman–Crippen MR) is 79.7 cm³/mol. The smallest absolute Gasteiger partial charge is 0.0869 e. The van der Waals surface area contributed by atoms with Crippen LogP contribution < -0.4 is 5.73 Å². The number of hydrogen-bond donors (Lipinski definition) is 2. The van der Waals surface area contributed by atoms with E-state index < -0.39 is 5.60 Å². The lowest BCUT2D eigenvalue weighted by atomic mass is 9.90. The lowest BCUT2D eigenvalue weighted by Gasteiger charge is -2.23. The van der Waals surface area contributed by atoms with Crippen molar-refractivity contribution in [2.24, 2.45) is 5.73 Å². The average Bonchev–Trinajstić information content (AvgIpc) is 2.46. The molecule has 0 bridgehead atoms. The molecular weight excluding hydrogens is 234 g/mol. The van der Waals surface area contributed by atoms with E-state index in [2.05, 4.69) is 24.3 Å². The largest absolute Gasteiger partial charge is 0.385 e. The molecule has 0 fully saturated rings. The van der Waals surface area contributed by atoms with Crippen molar-refractivity contribution in [2.45, 2.75) is 25.4 Å². The van der Waals surface area contributed by atoms with E-state index in [-0.39, 0.29) is 0 Å². The number of aliphatic hydroxyl groups is 1. The Balaban J connectivity index is 2.19. The Morgan fingerprint density at radius 3 is 2.11 bits per heavy atom. The van der Waals surface area contributed by atoms with Crippen LogP contribution >= 0.6 is 0 Å². The number of hydrogen-bond acceptors (Lipinski definition) is 2. The van der Waals surface area contributed by atoms with Crippen LogP contribution in [-0.4, -0.2) is 11.7 Å². The van der Waals surface area contributed by atoms with Crippen LogP contribution in [0.15, 0.2) is 54.6 Å². The van der Waals surface area contributed by atoms with Crippen molar-refractivity contribution in [1.82, 2.24) is 0 Å². The van der Waals surface area contributed by atoms with Crippen molar-refractivity contribution in [3.63, 3.8) is 0 Å². The molecule has 2 heteroatoms. The normalized spacial score (nSPS) is 14.1. The van der Waals surface area contributed by atoms with Gasteiger partial charge in [-0.2, -0.15) is 0 Å². The van der Waals surface area contributed by atoms with E-state index in [4.69, 9.17) is 5.73 Å². The van der Waals surface area contributed by atoms with Crippen LogP contribution in [0, 0.1) is 0 Å². The van der Waals surface area contributed by atoms with Gasteiger partial charge in [0.25, 0.3) is 0 Å². The molecule has 3 N–H and O–H groups in total. The maximum Gasteiger partial charge on any atom is 0.0869 e. The van der Waals surface area contributed by atoms with E-state index in [1.807, 2.05) is 37.3 Å². The maximum atomic E-state index is 10.4. The molecule has 2 nitrogen and oxygen atoms in total. The Kier molecular flexibility index (Phi) is 4.35. The molecule has 0 radical (unpaired) electrons. The molecule has 2 aromatic carbocycles. The zero-order valence-corrected chi connectivity index (χ0v) is 11.3. The fourth-order valence-electron chi connectivity index (χ4n) is 2.24. The molecule has 2 rings (SSSR count). The second-order valence-corrected chi connectivity index (χ2v) is 5.11. The highest BCUT2D eigenvalue weighted by molar-refractivity contribution is 5.63. The summed E-state index contributed by atoms with van der Waals surface area (Å²) < 4.78 is 0. The second kappa shape index (κ2) is 6.00. The summed E-state index contributed by atoms with van der Waals surface area (Å²) in [5.74, 6) is 0. The van der Waals surface area contributed by atoms with Crippen LogP contribution in [0.4, 0.5) is 0 Å². The summed E-state index contributed by atoms with van der Waals surface area (Å²) in [6, 6.07) is 18.3. The predicted octanol–water partition coefficient (Wildman–Crippen LogP) is 3.30. The van der Waals surface area contributed by atoms with Crippen LogP contribution in [0.3, 0.4) is 0 Å². The molecule has 0 aliphatic carbocycles. The molecular formula is C17H21NO. The Morgan fingerprint density at radius 1 is 0.947 bits per heavy atom. The first-order valence-electron chi connectivity index (χ1n) is 6.72. The van der Waals surface area contributed by atoms with Gasteiger partial charge in [-0.3, -0.25) is 0 Å². The van der Waals surface area contributed by atoms with Crippen molar-refractivity contribution in [3.05, 3.63) is 60.2 Å². The summed E-state index contributed by atoms with van der Waals surface area (Å²) in [4.78, 5) is 0. The Labute approximate surface area is 114 Å². The van der Waals surface area contributed by atoms with E-state index in [9.17, 15) is 5.11 Å². The van der Waals surface area contributed by atoms with Gasteiger partial charge in [0.2, 0.25) is 0 Å². The van der Waals surface area contributed by atoms with Gasteiger partial charge < -0.3 is 10.8 Å². The van der Waals surface area contributed by atoms with Crippen LogP contribution in [-0.2, 0) is 5.60 Å². The van der Waals surface area contributed by atoms with E-state index in [0.717, 1.165) is 12.0 Å². The first-order valence-corrected chi connectivity index (χ1v) is 6.72. The minimum Gasteiger partial charge on any atom is -0.385 e. The highest BCUT2D eigenvalue weighted by atomic mass is 16.3. The molecule has 1 unspecified atom stereocenters. The van der Waals surface area contributed by atoms with Crippen molar-refractivity contribution in [2.75, 3.05) is 6.54 Å². The van der Waals surface area contributed by atoms with Gasteiger partial charge in [-0.15, -0.1) is 0 Å². The molecule has 100 valence electrons. The number of rotatable bonds is 5.